The molecule has 5 nitrogen and oxygen atoms in total. The van der Waals surface area contributed by atoms with Crippen LogP contribution in [0.15, 0.2) is 42.7 Å². The number of quaternary nitrogens is 1. The molecule has 0 aliphatic heterocycles. The maximum Gasteiger partial charge on any atom is 0.164 e. The van der Waals surface area contributed by atoms with Crippen LogP contribution >= 0.6 is 0 Å². The van der Waals surface area contributed by atoms with Crippen LogP contribution in [-0.2, 0) is 4.84 Å². The highest BCUT2D eigenvalue weighted by molar-refractivity contribution is 5.90. The van der Waals surface area contributed by atoms with E-state index in [4.69, 9.17) is 10.6 Å². The van der Waals surface area contributed by atoms with Crippen LogP contribution in [0.3, 0.4) is 0 Å². The van der Waals surface area contributed by atoms with E-state index >= 15 is 0 Å². The Labute approximate surface area is 111 Å². The van der Waals surface area contributed by atoms with Crippen molar-refractivity contribution in [2.24, 2.45) is 0 Å². The van der Waals surface area contributed by atoms with Gasteiger partial charge in [-0.1, -0.05) is 0 Å². The summed E-state index contributed by atoms with van der Waals surface area (Å²) in [6.45, 7) is 0. The second kappa shape index (κ2) is 5.87. The first kappa shape index (κ1) is 12.9. The lowest BCUT2D eigenvalue weighted by atomic mass is 10.1. The van der Waals surface area contributed by atoms with Gasteiger partial charge in [-0.25, -0.2) is 4.84 Å². The molecule has 96 valence electrons. The predicted molar refractivity (Wildman–Crippen MR) is 73.7 cm³/mol. The van der Waals surface area contributed by atoms with Crippen LogP contribution in [0.2, 0.25) is 0 Å². The zero-order valence-corrected chi connectivity index (χ0v) is 10.6. The van der Waals surface area contributed by atoms with Gasteiger partial charge in [-0.3, -0.25) is 0 Å². The molecular weight excluding hydrogens is 240 g/mol. The molecule has 0 unspecified atom stereocenters. The van der Waals surface area contributed by atoms with Gasteiger partial charge in [-0.2, -0.15) is 10.7 Å². The summed E-state index contributed by atoms with van der Waals surface area (Å²) in [7, 11) is 1.58. The quantitative estimate of drug-likeness (QED) is 0.491. The van der Waals surface area contributed by atoms with Gasteiger partial charge in [0.05, 0.1) is 12.7 Å². The first-order valence-electron chi connectivity index (χ1n) is 5.75. The van der Waals surface area contributed by atoms with Crippen molar-refractivity contribution in [1.82, 2.24) is 4.57 Å². The smallest absolute Gasteiger partial charge is 0.164 e. The van der Waals surface area contributed by atoms with E-state index in [0.29, 0.717) is 16.8 Å². The predicted octanol–water partition coefficient (Wildman–Crippen LogP) is 1.35. The Morgan fingerprint density at radius 1 is 1.42 bits per heavy atom. The number of rotatable bonds is 4. The number of nitrogen functional groups attached to an aromatic ring is 1. The second-order valence-electron chi connectivity index (χ2n) is 3.99. The number of allylic oxidation sites excluding steroid dienone is 1. The largest absolute Gasteiger partial charge is 0.398 e. The Balaban J connectivity index is 2.37. The van der Waals surface area contributed by atoms with E-state index in [2.05, 4.69) is 6.07 Å². The highest BCUT2D eigenvalue weighted by Gasteiger charge is 2.08. The topological polar surface area (TPSA) is 80.6 Å². The summed E-state index contributed by atoms with van der Waals surface area (Å²) < 4.78 is 1.81. The van der Waals surface area contributed by atoms with E-state index in [9.17, 15) is 5.26 Å². The molecule has 2 aromatic rings. The van der Waals surface area contributed by atoms with Crippen molar-refractivity contribution < 1.29 is 10.3 Å². The van der Waals surface area contributed by atoms with Crippen LogP contribution < -0.4 is 11.2 Å². The molecule has 1 heterocycles. The highest BCUT2D eigenvalue weighted by atomic mass is 16.6. The third-order valence-electron chi connectivity index (χ3n) is 2.65. The summed E-state index contributed by atoms with van der Waals surface area (Å²) in [5.74, 6) is 0. The molecule has 0 radical (unpaired) electrons. The van der Waals surface area contributed by atoms with Gasteiger partial charge < -0.3 is 10.3 Å². The van der Waals surface area contributed by atoms with Crippen molar-refractivity contribution in [3.05, 3.63) is 48.3 Å². The Kier molecular flexibility index (Phi) is 3.98. The molecule has 4 N–H and O–H groups in total. The van der Waals surface area contributed by atoms with Gasteiger partial charge in [0.15, 0.2) is 5.69 Å². The van der Waals surface area contributed by atoms with Gasteiger partial charge in [-0.15, -0.1) is 0 Å². The van der Waals surface area contributed by atoms with Crippen LogP contribution in [0, 0.1) is 11.3 Å². The molecule has 0 atom stereocenters. The molecule has 1 aromatic heterocycles. The molecule has 5 heteroatoms. The number of nitrogens with two attached hydrogens (primary N) is 2. The molecule has 1 aromatic carbocycles. The summed E-state index contributed by atoms with van der Waals surface area (Å²) in [5.41, 5.74) is 10.2. The Morgan fingerprint density at radius 3 is 2.74 bits per heavy atom. The van der Waals surface area contributed by atoms with Crippen LogP contribution in [0.25, 0.3) is 11.8 Å². The standard InChI is InChI=1S/C14H14N4O/c1-19-17-12-4-5-13(14(16)8-12)11(9-15)10-18-6-2-3-7-18/h2-8,10,17H,16H2,1H3/p+1/b11-10+. The third-order valence-corrected chi connectivity index (χ3v) is 2.65. The zero-order valence-electron chi connectivity index (χ0n) is 10.6. The van der Waals surface area contributed by atoms with E-state index in [1.807, 2.05) is 41.2 Å². The van der Waals surface area contributed by atoms with Crippen molar-refractivity contribution in [3.63, 3.8) is 0 Å². The lowest BCUT2D eigenvalue weighted by Crippen LogP contribution is -2.75. The number of hydrogen-bond donors (Lipinski definition) is 2. The SMILES string of the molecule is CO[NH2+]c1ccc(/C(C#N)=C/n2cccc2)c(N)c1. The maximum absolute atomic E-state index is 9.26. The molecule has 0 amide bonds. The summed E-state index contributed by atoms with van der Waals surface area (Å²) in [6, 6.07) is 11.4. The molecule has 0 saturated heterocycles. The number of benzene rings is 1. The molecule has 0 aliphatic rings. The Hall–Kier alpha value is -2.55. The van der Waals surface area contributed by atoms with Crippen LogP contribution in [0.1, 0.15) is 5.56 Å². The number of nitriles is 1. The molecule has 0 fully saturated rings. The fraction of sp³-hybridized carbons (Fsp3) is 0.0714. The molecular formula is C14H15N4O+. The van der Waals surface area contributed by atoms with Crippen LogP contribution in [0.4, 0.5) is 11.4 Å². The van der Waals surface area contributed by atoms with Gasteiger partial charge in [0.2, 0.25) is 0 Å². The first-order valence-corrected chi connectivity index (χ1v) is 5.75. The molecule has 0 aliphatic carbocycles. The number of hydrogen-bond acceptors (Lipinski definition) is 3. The lowest BCUT2D eigenvalue weighted by molar-refractivity contribution is -0.830. The van der Waals surface area contributed by atoms with Crippen molar-refractivity contribution in [2.45, 2.75) is 0 Å². The summed E-state index contributed by atoms with van der Waals surface area (Å²) in [5, 5.41) is 9.26. The minimum absolute atomic E-state index is 0.512. The van der Waals surface area contributed by atoms with E-state index in [1.54, 1.807) is 24.9 Å². The summed E-state index contributed by atoms with van der Waals surface area (Å²) in [4.78, 5) is 4.93. The highest BCUT2D eigenvalue weighted by Crippen LogP contribution is 2.23. The average Bonchev–Trinajstić information content (AvgIpc) is 2.90. The van der Waals surface area contributed by atoms with Gasteiger partial charge in [0, 0.05) is 42.0 Å². The van der Waals surface area contributed by atoms with Crippen molar-refractivity contribution in [1.29, 1.82) is 5.26 Å². The van der Waals surface area contributed by atoms with Crippen molar-refractivity contribution >= 4 is 23.1 Å². The summed E-state index contributed by atoms with van der Waals surface area (Å²) >= 11 is 0. The number of nitrogens with zero attached hydrogens (tertiary/aromatic N) is 2. The molecule has 0 bridgehead atoms. The molecule has 0 saturated carbocycles. The van der Waals surface area contributed by atoms with Gasteiger partial charge in [-0.05, 0) is 18.2 Å². The van der Waals surface area contributed by atoms with Crippen molar-refractivity contribution in [2.75, 3.05) is 12.8 Å². The molecule has 19 heavy (non-hydrogen) atoms. The summed E-state index contributed by atoms with van der Waals surface area (Å²) in [6.07, 6.45) is 5.46. The number of aromatic nitrogens is 1. The fourth-order valence-corrected chi connectivity index (χ4v) is 1.78. The van der Waals surface area contributed by atoms with E-state index < -0.39 is 0 Å². The molecule has 2 rings (SSSR count). The normalized spacial score (nSPS) is 11.3. The Morgan fingerprint density at radius 2 is 2.16 bits per heavy atom. The van der Waals surface area contributed by atoms with Crippen molar-refractivity contribution in [3.8, 4) is 6.07 Å². The lowest BCUT2D eigenvalue weighted by Gasteiger charge is -2.05. The fourth-order valence-electron chi connectivity index (χ4n) is 1.78. The Bertz CT molecular complexity index is 623. The minimum atomic E-state index is 0.512. The zero-order chi connectivity index (χ0) is 13.7. The van der Waals surface area contributed by atoms with Gasteiger partial charge in [0.1, 0.15) is 6.07 Å². The average molecular weight is 255 g/mol. The van der Waals surface area contributed by atoms with E-state index in [0.717, 1.165) is 5.69 Å². The monoisotopic (exact) mass is 255 g/mol. The number of anilines is 1. The second-order valence-corrected chi connectivity index (χ2v) is 3.99. The first-order chi connectivity index (χ1) is 9.24. The minimum Gasteiger partial charge on any atom is -0.398 e. The van der Waals surface area contributed by atoms with E-state index in [-0.39, 0.29) is 0 Å². The maximum atomic E-state index is 9.26. The third kappa shape index (κ3) is 3.01. The van der Waals surface area contributed by atoms with Gasteiger partial charge >= 0.3 is 0 Å². The van der Waals surface area contributed by atoms with Crippen LogP contribution in [-0.4, -0.2) is 11.7 Å². The molecule has 0 spiro atoms. The van der Waals surface area contributed by atoms with E-state index in [1.165, 1.54) is 0 Å². The van der Waals surface area contributed by atoms with Crippen LogP contribution in [0.5, 0.6) is 0 Å². The van der Waals surface area contributed by atoms with Gasteiger partial charge in [0.25, 0.3) is 0 Å².